The number of thioether (sulfide) groups is 1. The number of carbonyl (C=O) groups excluding carboxylic acids is 2. The number of amidine groups is 1. The SMILES string of the molecule is CC(=O)c1ccc(S(=O)(=O)N(C)CC(=O)NC2=NCCS2)cc1. The number of Topliss-reactive ketones (excluding diaryl/α,β-unsaturated/α-hetero) is 1. The summed E-state index contributed by atoms with van der Waals surface area (Å²) in [5, 5.41) is 3.10. The molecule has 2 rings (SSSR count). The van der Waals surface area contributed by atoms with Gasteiger partial charge in [-0.05, 0) is 19.1 Å². The summed E-state index contributed by atoms with van der Waals surface area (Å²) in [7, 11) is -2.46. The van der Waals surface area contributed by atoms with E-state index < -0.39 is 15.9 Å². The summed E-state index contributed by atoms with van der Waals surface area (Å²) in [5.74, 6) is 0.229. The molecule has 0 aliphatic carbocycles. The van der Waals surface area contributed by atoms with E-state index >= 15 is 0 Å². The highest BCUT2D eigenvalue weighted by Crippen LogP contribution is 2.15. The number of rotatable bonds is 5. The Morgan fingerprint density at radius 2 is 1.96 bits per heavy atom. The van der Waals surface area contributed by atoms with Crippen LogP contribution in [0.2, 0.25) is 0 Å². The van der Waals surface area contributed by atoms with Crippen molar-refractivity contribution in [3.05, 3.63) is 29.8 Å². The molecule has 1 amide bonds. The van der Waals surface area contributed by atoms with Crippen LogP contribution < -0.4 is 5.32 Å². The molecule has 0 atom stereocenters. The van der Waals surface area contributed by atoms with E-state index in [4.69, 9.17) is 0 Å². The van der Waals surface area contributed by atoms with E-state index in [1.165, 1.54) is 50.0 Å². The van der Waals surface area contributed by atoms with Gasteiger partial charge in [-0.15, -0.1) is 0 Å². The van der Waals surface area contributed by atoms with Gasteiger partial charge >= 0.3 is 0 Å². The molecule has 0 aromatic heterocycles. The first-order valence-corrected chi connectivity index (χ1v) is 9.27. The van der Waals surface area contributed by atoms with Crippen LogP contribution in [-0.2, 0) is 14.8 Å². The third kappa shape index (κ3) is 4.40. The van der Waals surface area contributed by atoms with Gasteiger partial charge in [-0.1, -0.05) is 23.9 Å². The average molecular weight is 355 g/mol. The quantitative estimate of drug-likeness (QED) is 0.786. The highest BCUT2D eigenvalue weighted by atomic mass is 32.2. The molecule has 0 unspecified atom stereocenters. The second-order valence-corrected chi connectivity index (χ2v) is 8.05. The lowest BCUT2D eigenvalue weighted by Crippen LogP contribution is -2.39. The van der Waals surface area contributed by atoms with Gasteiger partial charge in [0.2, 0.25) is 15.9 Å². The van der Waals surface area contributed by atoms with Crippen molar-refractivity contribution in [2.24, 2.45) is 4.99 Å². The van der Waals surface area contributed by atoms with Crippen molar-refractivity contribution in [2.45, 2.75) is 11.8 Å². The number of hydrogen-bond acceptors (Lipinski definition) is 6. The van der Waals surface area contributed by atoms with Crippen molar-refractivity contribution in [3.63, 3.8) is 0 Å². The van der Waals surface area contributed by atoms with Gasteiger partial charge in [-0.3, -0.25) is 14.6 Å². The molecular weight excluding hydrogens is 338 g/mol. The second-order valence-electron chi connectivity index (χ2n) is 4.93. The minimum absolute atomic E-state index is 0.0328. The van der Waals surface area contributed by atoms with E-state index in [1.807, 2.05) is 0 Å². The van der Waals surface area contributed by atoms with Crippen LogP contribution in [0.3, 0.4) is 0 Å². The van der Waals surface area contributed by atoms with Crippen LogP contribution >= 0.6 is 11.8 Å². The van der Waals surface area contributed by atoms with Gasteiger partial charge in [-0.2, -0.15) is 4.31 Å². The fourth-order valence-corrected chi connectivity index (χ4v) is 3.77. The summed E-state index contributed by atoms with van der Waals surface area (Å²) < 4.78 is 25.8. The third-order valence-electron chi connectivity index (χ3n) is 3.17. The predicted octanol–water partition coefficient (Wildman–Crippen LogP) is 0.729. The standard InChI is InChI=1S/C14H17N3O4S2/c1-10(18)11-3-5-12(6-4-11)23(20,21)17(2)9-13(19)16-14-15-7-8-22-14/h3-6H,7-9H2,1-2H3,(H,15,16,19). The number of benzene rings is 1. The summed E-state index contributed by atoms with van der Waals surface area (Å²) >= 11 is 1.42. The van der Waals surface area contributed by atoms with Gasteiger partial charge in [-0.25, -0.2) is 8.42 Å². The monoisotopic (exact) mass is 355 g/mol. The van der Waals surface area contributed by atoms with Gasteiger partial charge in [0, 0.05) is 18.4 Å². The normalized spacial score (nSPS) is 14.7. The Hall–Kier alpha value is -1.71. The minimum atomic E-state index is -3.80. The third-order valence-corrected chi connectivity index (χ3v) is 5.88. The lowest BCUT2D eigenvalue weighted by atomic mass is 10.2. The summed E-state index contributed by atoms with van der Waals surface area (Å²) in [6, 6.07) is 5.62. The molecule has 1 aliphatic heterocycles. The van der Waals surface area contributed by atoms with Crippen LogP contribution in [-0.4, -0.2) is 55.5 Å². The summed E-state index contributed by atoms with van der Waals surface area (Å²) in [4.78, 5) is 27.2. The molecule has 1 aromatic carbocycles. The maximum atomic E-state index is 12.4. The Morgan fingerprint density at radius 3 is 2.48 bits per heavy atom. The number of nitrogens with zero attached hydrogens (tertiary/aromatic N) is 2. The topological polar surface area (TPSA) is 95.9 Å². The second kappa shape index (κ2) is 7.24. The molecule has 0 saturated carbocycles. The number of sulfonamides is 1. The Kier molecular flexibility index (Phi) is 5.55. The van der Waals surface area contributed by atoms with Gasteiger partial charge < -0.3 is 5.32 Å². The van der Waals surface area contributed by atoms with Crippen LogP contribution in [0.15, 0.2) is 34.2 Å². The molecule has 0 spiro atoms. The first-order valence-electron chi connectivity index (χ1n) is 6.85. The minimum Gasteiger partial charge on any atom is -0.304 e. The molecule has 1 heterocycles. The number of amides is 1. The maximum Gasteiger partial charge on any atom is 0.243 e. The van der Waals surface area contributed by atoms with Crippen LogP contribution in [0, 0.1) is 0 Å². The fraction of sp³-hybridized carbons (Fsp3) is 0.357. The first kappa shape index (κ1) is 17.6. The summed E-state index contributed by atoms with van der Waals surface area (Å²) in [6.07, 6.45) is 0. The number of ketones is 1. The zero-order valence-electron chi connectivity index (χ0n) is 12.8. The highest BCUT2D eigenvalue weighted by molar-refractivity contribution is 8.14. The smallest absolute Gasteiger partial charge is 0.243 e. The zero-order chi connectivity index (χ0) is 17.0. The Bertz CT molecular complexity index is 742. The zero-order valence-corrected chi connectivity index (χ0v) is 14.4. The van der Waals surface area contributed by atoms with E-state index in [0.29, 0.717) is 17.3 Å². The van der Waals surface area contributed by atoms with Crippen molar-refractivity contribution in [1.29, 1.82) is 0 Å². The van der Waals surface area contributed by atoms with Crippen LogP contribution in [0.1, 0.15) is 17.3 Å². The molecule has 1 N–H and O–H groups in total. The van der Waals surface area contributed by atoms with Gasteiger partial charge in [0.25, 0.3) is 0 Å². The largest absolute Gasteiger partial charge is 0.304 e. The van der Waals surface area contributed by atoms with E-state index in [9.17, 15) is 18.0 Å². The van der Waals surface area contributed by atoms with Gasteiger partial charge in [0.05, 0.1) is 18.0 Å². The first-order chi connectivity index (χ1) is 10.8. The average Bonchev–Trinajstić information content (AvgIpc) is 2.99. The number of aliphatic imine (C=N–C) groups is 1. The molecule has 1 aliphatic rings. The Balaban J connectivity index is 2.05. The number of nitrogens with one attached hydrogen (secondary N) is 1. The van der Waals surface area contributed by atoms with Crippen molar-refractivity contribution < 1.29 is 18.0 Å². The molecule has 0 bridgehead atoms. The molecule has 0 fully saturated rings. The van der Waals surface area contributed by atoms with E-state index in [1.54, 1.807) is 0 Å². The fourth-order valence-electron chi connectivity index (χ4n) is 1.90. The van der Waals surface area contributed by atoms with Crippen LogP contribution in [0.25, 0.3) is 0 Å². The summed E-state index contributed by atoms with van der Waals surface area (Å²) in [6.45, 7) is 1.75. The Labute approximate surface area is 139 Å². The molecular formula is C14H17N3O4S2. The molecule has 0 saturated heterocycles. The Morgan fingerprint density at radius 1 is 1.30 bits per heavy atom. The predicted molar refractivity (Wildman–Crippen MR) is 89.2 cm³/mol. The van der Waals surface area contributed by atoms with Crippen molar-refractivity contribution in [3.8, 4) is 0 Å². The van der Waals surface area contributed by atoms with Gasteiger partial charge in [0.1, 0.15) is 0 Å². The lowest BCUT2D eigenvalue weighted by molar-refractivity contribution is -0.119. The molecule has 0 radical (unpaired) electrons. The van der Waals surface area contributed by atoms with Crippen molar-refractivity contribution in [2.75, 3.05) is 25.9 Å². The van der Waals surface area contributed by atoms with Crippen LogP contribution in [0.4, 0.5) is 0 Å². The van der Waals surface area contributed by atoms with E-state index in [0.717, 1.165) is 10.1 Å². The molecule has 23 heavy (non-hydrogen) atoms. The number of carbonyl (C=O) groups is 2. The molecule has 7 nitrogen and oxygen atoms in total. The maximum absolute atomic E-state index is 12.4. The van der Waals surface area contributed by atoms with Crippen molar-refractivity contribution in [1.82, 2.24) is 9.62 Å². The van der Waals surface area contributed by atoms with E-state index in [-0.39, 0.29) is 17.2 Å². The van der Waals surface area contributed by atoms with Crippen LogP contribution in [0.5, 0.6) is 0 Å². The lowest BCUT2D eigenvalue weighted by Gasteiger charge is -2.17. The molecule has 1 aromatic rings. The van der Waals surface area contributed by atoms with E-state index in [2.05, 4.69) is 10.3 Å². The number of hydrogen-bond donors (Lipinski definition) is 1. The van der Waals surface area contributed by atoms with Gasteiger partial charge in [0.15, 0.2) is 11.0 Å². The molecule has 9 heteroatoms. The number of likely N-dealkylation sites (N-methyl/N-ethyl adjacent to an activating group) is 1. The van der Waals surface area contributed by atoms with Crippen molar-refractivity contribution >= 4 is 38.6 Å². The summed E-state index contributed by atoms with van der Waals surface area (Å²) in [5.41, 5.74) is 0.431. The highest BCUT2D eigenvalue weighted by Gasteiger charge is 2.23. The molecule has 124 valence electrons.